The molecule has 0 bridgehead atoms. The third kappa shape index (κ3) is 4.73. The molecule has 0 radical (unpaired) electrons. The number of benzene rings is 1. The van der Waals surface area contributed by atoms with Crippen LogP contribution in [0.3, 0.4) is 0 Å². The third-order valence-corrected chi connectivity index (χ3v) is 6.78. The number of likely N-dealkylation sites (tertiary alicyclic amines) is 1. The standard InChI is InChI=1S/C26H32N6O3/c1-4-35-26(34)22-17(3)23-24(27-15-28-32(23)21(22)14-31-11-5-6-12-31)30-20-13-18(8-7-16(20)2)25(33)29-19-9-10-19/h7-8,13,15,19H,4-6,9-12,14H2,1-3H3,(H,29,33)(H,27,28,30). The van der Waals surface area contributed by atoms with Gasteiger partial charge in [0.15, 0.2) is 5.82 Å². The molecule has 2 fully saturated rings. The normalized spacial score (nSPS) is 16.0. The van der Waals surface area contributed by atoms with Gasteiger partial charge in [0.05, 0.1) is 17.9 Å². The Hall–Kier alpha value is -3.46. The molecule has 1 saturated heterocycles. The van der Waals surface area contributed by atoms with Gasteiger partial charge in [-0.2, -0.15) is 5.10 Å². The number of anilines is 2. The van der Waals surface area contributed by atoms with Crippen molar-refractivity contribution in [2.45, 2.75) is 59.0 Å². The van der Waals surface area contributed by atoms with Crippen LogP contribution in [0.2, 0.25) is 0 Å². The zero-order valence-electron chi connectivity index (χ0n) is 20.6. The smallest absolute Gasteiger partial charge is 0.340 e. The molecule has 35 heavy (non-hydrogen) atoms. The van der Waals surface area contributed by atoms with Crippen molar-refractivity contribution in [1.29, 1.82) is 0 Å². The maximum absolute atomic E-state index is 13.0. The number of rotatable bonds is 8. The van der Waals surface area contributed by atoms with Gasteiger partial charge in [-0.25, -0.2) is 14.3 Å². The average molecular weight is 477 g/mol. The minimum Gasteiger partial charge on any atom is -0.462 e. The Bertz CT molecular complexity index is 1270. The van der Waals surface area contributed by atoms with Gasteiger partial charge in [-0.15, -0.1) is 0 Å². The number of nitrogens with zero attached hydrogens (tertiary/aromatic N) is 4. The van der Waals surface area contributed by atoms with Gasteiger partial charge in [0.25, 0.3) is 5.91 Å². The van der Waals surface area contributed by atoms with Crippen LogP contribution in [-0.4, -0.2) is 57.1 Å². The van der Waals surface area contributed by atoms with Crippen LogP contribution in [0.5, 0.6) is 0 Å². The second-order valence-corrected chi connectivity index (χ2v) is 9.42. The lowest BCUT2D eigenvalue weighted by atomic mass is 10.1. The van der Waals surface area contributed by atoms with Gasteiger partial charge in [0, 0.05) is 23.8 Å². The zero-order chi connectivity index (χ0) is 24.5. The highest BCUT2D eigenvalue weighted by Gasteiger charge is 2.28. The quantitative estimate of drug-likeness (QED) is 0.478. The van der Waals surface area contributed by atoms with Crippen LogP contribution in [-0.2, 0) is 11.3 Å². The summed E-state index contributed by atoms with van der Waals surface area (Å²) in [5, 5.41) is 11.0. The van der Waals surface area contributed by atoms with Gasteiger partial charge in [0.2, 0.25) is 0 Å². The van der Waals surface area contributed by atoms with Crippen LogP contribution in [0.4, 0.5) is 11.5 Å². The van der Waals surface area contributed by atoms with Gasteiger partial charge in [0.1, 0.15) is 11.8 Å². The van der Waals surface area contributed by atoms with Crippen LogP contribution in [0.15, 0.2) is 24.5 Å². The van der Waals surface area contributed by atoms with Gasteiger partial charge in [-0.3, -0.25) is 9.69 Å². The number of esters is 1. The Morgan fingerprint density at radius 1 is 1.17 bits per heavy atom. The first-order valence-corrected chi connectivity index (χ1v) is 12.4. The van der Waals surface area contributed by atoms with E-state index in [1.807, 2.05) is 43.5 Å². The number of hydrogen-bond acceptors (Lipinski definition) is 7. The molecule has 9 nitrogen and oxygen atoms in total. The molecular weight excluding hydrogens is 444 g/mol. The van der Waals surface area contributed by atoms with Gasteiger partial charge >= 0.3 is 5.97 Å². The molecule has 1 aliphatic heterocycles. The molecule has 0 spiro atoms. The Labute approximate surface area is 204 Å². The topological polar surface area (TPSA) is 101 Å². The molecule has 5 rings (SSSR count). The van der Waals surface area contributed by atoms with E-state index >= 15 is 0 Å². The molecule has 3 aromatic rings. The second kappa shape index (κ2) is 9.65. The summed E-state index contributed by atoms with van der Waals surface area (Å²) in [4.78, 5) is 32.5. The summed E-state index contributed by atoms with van der Waals surface area (Å²) in [6, 6.07) is 5.90. The SMILES string of the molecule is CCOC(=O)c1c(C)c2c(Nc3cc(C(=O)NC4CC4)ccc3C)ncnn2c1CN1CCCC1. The molecule has 1 aromatic carbocycles. The first-order chi connectivity index (χ1) is 17.0. The monoisotopic (exact) mass is 476 g/mol. The minimum absolute atomic E-state index is 0.0697. The fourth-order valence-electron chi connectivity index (χ4n) is 4.72. The molecule has 2 aromatic heterocycles. The fraction of sp³-hybridized carbons (Fsp3) is 0.462. The molecular formula is C26H32N6O3. The molecule has 0 unspecified atom stereocenters. The molecule has 3 heterocycles. The van der Waals surface area contributed by atoms with Crippen molar-refractivity contribution in [1.82, 2.24) is 24.8 Å². The van der Waals surface area contributed by atoms with E-state index in [1.165, 1.54) is 6.33 Å². The summed E-state index contributed by atoms with van der Waals surface area (Å²) in [6.45, 7) is 8.63. The number of nitrogens with one attached hydrogen (secondary N) is 2. The molecule has 2 N–H and O–H groups in total. The number of aryl methyl sites for hydroxylation is 2. The fourth-order valence-corrected chi connectivity index (χ4v) is 4.72. The maximum atomic E-state index is 13.0. The third-order valence-electron chi connectivity index (χ3n) is 6.78. The number of amides is 1. The molecule has 2 aliphatic rings. The highest BCUT2D eigenvalue weighted by atomic mass is 16.5. The minimum atomic E-state index is -0.342. The van der Waals surface area contributed by atoms with Crippen LogP contribution < -0.4 is 10.6 Å². The highest BCUT2D eigenvalue weighted by molar-refractivity contribution is 5.98. The van der Waals surface area contributed by atoms with E-state index in [2.05, 4.69) is 25.6 Å². The largest absolute Gasteiger partial charge is 0.462 e. The number of carbonyl (C=O) groups is 2. The van der Waals surface area contributed by atoms with E-state index in [-0.39, 0.29) is 11.9 Å². The van der Waals surface area contributed by atoms with Crippen molar-refractivity contribution in [2.75, 3.05) is 25.0 Å². The predicted octanol–water partition coefficient (Wildman–Crippen LogP) is 3.75. The van der Waals surface area contributed by atoms with Gasteiger partial charge < -0.3 is 15.4 Å². The summed E-state index contributed by atoms with van der Waals surface area (Å²) in [5.41, 5.74) is 5.25. The molecule has 1 aliphatic carbocycles. The molecule has 1 amide bonds. The van der Waals surface area contributed by atoms with E-state index in [0.29, 0.717) is 36.1 Å². The molecule has 1 saturated carbocycles. The number of aromatic nitrogens is 3. The van der Waals surface area contributed by atoms with Crippen LogP contribution in [0, 0.1) is 13.8 Å². The van der Waals surface area contributed by atoms with Crippen molar-refractivity contribution in [3.8, 4) is 0 Å². The lowest BCUT2D eigenvalue weighted by Crippen LogP contribution is -2.25. The van der Waals surface area contributed by atoms with Gasteiger partial charge in [-0.1, -0.05) is 6.07 Å². The van der Waals surface area contributed by atoms with Crippen LogP contribution >= 0.6 is 0 Å². The summed E-state index contributed by atoms with van der Waals surface area (Å²) in [7, 11) is 0. The van der Waals surface area contributed by atoms with E-state index in [9.17, 15) is 9.59 Å². The Kier molecular flexibility index (Phi) is 6.42. The number of fused-ring (bicyclic) bond motifs is 1. The number of ether oxygens (including phenoxy) is 1. The Balaban J connectivity index is 1.55. The van der Waals surface area contributed by atoms with E-state index in [1.54, 1.807) is 0 Å². The van der Waals surface area contributed by atoms with Crippen molar-refractivity contribution in [2.24, 2.45) is 0 Å². The predicted molar refractivity (Wildman–Crippen MR) is 133 cm³/mol. The molecule has 0 atom stereocenters. The van der Waals surface area contributed by atoms with Crippen molar-refractivity contribution >= 4 is 28.9 Å². The van der Waals surface area contributed by atoms with E-state index in [4.69, 9.17) is 4.74 Å². The van der Waals surface area contributed by atoms with Crippen molar-refractivity contribution < 1.29 is 14.3 Å². The van der Waals surface area contributed by atoms with E-state index in [0.717, 1.165) is 66.8 Å². The Morgan fingerprint density at radius 3 is 2.66 bits per heavy atom. The summed E-state index contributed by atoms with van der Waals surface area (Å²) in [6.07, 6.45) is 5.89. The number of hydrogen-bond donors (Lipinski definition) is 2. The lowest BCUT2D eigenvalue weighted by molar-refractivity contribution is 0.0523. The number of carbonyl (C=O) groups excluding carboxylic acids is 2. The van der Waals surface area contributed by atoms with Gasteiger partial charge in [-0.05, 0) is 82.8 Å². The van der Waals surface area contributed by atoms with Crippen molar-refractivity contribution in [3.63, 3.8) is 0 Å². The first kappa shape index (κ1) is 23.3. The van der Waals surface area contributed by atoms with Crippen LogP contribution in [0.1, 0.15) is 70.1 Å². The van der Waals surface area contributed by atoms with Crippen molar-refractivity contribution in [3.05, 3.63) is 52.5 Å². The zero-order valence-corrected chi connectivity index (χ0v) is 20.6. The molecule has 184 valence electrons. The van der Waals surface area contributed by atoms with E-state index < -0.39 is 0 Å². The molecule has 9 heteroatoms. The summed E-state index contributed by atoms with van der Waals surface area (Å²) in [5.74, 6) is 0.170. The first-order valence-electron chi connectivity index (χ1n) is 12.4. The summed E-state index contributed by atoms with van der Waals surface area (Å²) >= 11 is 0. The Morgan fingerprint density at radius 2 is 1.94 bits per heavy atom. The summed E-state index contributed by atoms with van der Waals surface area (Å²) < 4.78 is 7.23. The van der Waals surface area contributed by atoms with Crippen LogP contribution in [0.25, 0.3) is 5.52 Å². The lowest BCUT2D eigenvalue weighted by Gasteiger charge is -2.16. The second-order valence-electron chi connectivity index (χ2n) is 9.42. The maximum Gasteiger partial charge on any atom is 0.340 e. The average Bonchev–Trinajstić information content (AvgIpc) is 3.41. The highest BCUT2D eigenvalue weighted by Crippen LogP contribution is 2.31.